The Bertz CT molecular complexity index is 1120. The van der Waals surface area contributed by atoms with Gasteiger partial charge in [-0.05, 0) is 30.7 Å². The Morgan fingerprint density at radius 2 is 2.23 bits per heavy atom. The van der Waals surface area contributed by atoms with Gasteiger partial charge in [0.25, 0.3) is 0 Å². The first-order valence-corrected chi connectivity index (χ1v) is 11.5. The quantitative estimate of drug-likeness (QED) is 0.656. The van der Waals surface area contributed by atoms with Crippen molar-refractivity contribution in [2.45, 2.75) is 36.4 Å². The van der Waals surface area contributed by atoms with E-state index < -0.39 is 11.7 Å². The largest absolute Gasteiger partial charge is 0.384 e. The number of nitriles is 1. The summed E-state index contributed by atoms with van der Waals surface area (Å²) in [6.07, 6.45) is 1.51. The summed E-state index contributed by atoms with van der Waals surface area (Å²) in [6, 6.07) is 6.40. The molecule has 2 heterocycles. The number of allylic oxidation sites excluding steroid dienone is 3. The van der Waals surface area contributed by atoms with E-state index in [-0.39, 0.29) is 27.8 Å². The van der Waals surface area contributed by atoms with Crippen LogP contribution in [0.15, 0.2) is 45.2 Å². The molecule has 0 saturated carbocycles. The van der Waals surface area contributed by atoms with E-state index in [2.05, 4.69) is 16.3 Å². The van der Waals surface area contributed by atoms with Crippen LogP contribution in [0, 0.1) is 17.1 Å². The molecule has 1 aromatic heterocycles. The van der Waals surface area contributed by atoms with Gasteiger partial charge >= 0.3 is 0 Å². The lowest BCUT2D eigenvalue weighted by Crippen LogP contribution is -2.39. The SMILES string of the molecule is CCSc1nnc(N2C(N)=C(C#N)C(c3c(F)cccc3Cl)C3=C2CCCC3=O)s1. The zero-order valence-electron chi connectivity index (χ0n) is 16.0. The Balaban J connectivity index is 1.96. The van der Waals surface area contributed by atoms with Gasteiger partial charge < -0.3 is 5.73 Å². The molecule has 0 bridgehead atoms. The van der Waals surface area contributed by atoms with Crippen LogP contribution in [-0.2, 0) is 4.79 Å². The first kappa shape index (κ1) is 20.8. The molecule has 2 N–H and O–H groups in total. The van der Waals surface area contributed by atoms with Crippen LogP contribution in [0.25, 0.3) is 0 Å². The van der Waals surface area contributed by atoms with E-state index in [0.717, 1.165) is 10.1 Å². The summed E-state index contributed by atoms with van der Waals surface area (Å²) in [5.41, 5.74) is 7.61. The summed E-state index contributed by atoms with van der Waals surface area (Å²) in [5, 5.41) is 19.0. The van der Waals surface area contributed by atoms with Crippen LogP contribution in [0.5, 0.6) is 0 Å². The van der Waals surface area contributed by atoms with Crippen molar-refractivity contribution in [2.75, 3.05) is 10.7 Å². The third-order valence-electron chi connectivity index (χ3n) is 5.06. The van der Waals surface area contributed by atoms with Gasteiger partial charge in [-0.25, -0.2) is 4.39 Å². The average molecular weight is 462 g/mol. The summed E-state index contributed by atoms with van der Waals surface area (Å²) < 4.78 is 15.6. The second-order valence-electron chi connectivity index (χ2n) is 6.74. The fourth-order valence-electron chi connectivity index (χ4n) is 3.85. The van der Waals surface area contributed by atoms with Crippen molar-refractivity contribution in [2.24, 2.45) is 5.73 Å². The maximum absolute atomic E-state index is 14.8. The standard InChI is InChI=1S/C20H17ClFN5OS2/c1-2-29-20-26-25-19(30-20)27-13-7-4-8-14(28)17(13)15(10(9-23)18(27)24)16-11(21)5-3-6-12(16)22/h3,5-6,15H,2,4,7-8,24H2,1H3. The molecule has 2 aliphatic rings. The van der Waals surface area contributed by atoms with Gasteiger partial charge in [0.15, 0.2) is 10.1 Å². The minimum Gasteiger partial charge on any atom is -0.384 e. The lowest BCUT2D eigenvalue weighted by Gasteiger charge is -2.38. The zero-order chi connectivity index (χ0) is 21.4. The number of carbonyl (C=O) groups is 1. The molecule has 30 heavy (non-hydrogen) atoms. The maximum Gasteiger partial charge on any atom is 0.219 e. The number of carbonyl (C=O) groups excluding carboxylic acids is 1. The van der Waals surface area contributed by atoms with E-state index in [1.807, 2.05) is 6.92 Å². The number of halogens is 2. The molecule has 1 atom stereocenters. The average Bonchev–Trinajstić information content (AvgIpc) is 3.16. The predicted molar refractivity (Wildman–Crippen MR) is 116 cm³/mol. The number of hydrogen-bond donors (Lipinski definition) is 1. The van der Waals surface area contributed by atoms with Gasteiger partial charge in [0, 0.05) is 28.3 Å². The molecule has 2 aromatic rings. The van der Waals surface area contributed by atoms with Crippen LogP contribution < -0.4 is 10.6 Å². The van der Waals surface area contributed by atoms with Crippen molar-refractivity contribution in [3.63, 3.8) is 0 Å². The second kappa shape index (κ2) is 8.38. The third-order valence-corrected chi connectivity index (χ3v) is 7.31. The number of thioether (sulfide) groups is 1. The fraction of sp³-hybridized carbons (Fsp3) is 0.300. The topological polar surface area (TPSA) is 95.9 Å². The van der Waals surface area contributed by atoms with Crippen LogP contribution in [0.2, 0.25) is 5.02 Å². The number of aromatic nitrogens is 2. The molecule has 4 rings (SSSR count). The Kier molecular flexibility index (Phi) is 5.82. The number of nitrogens with two attached hydrogens (primary N) is 1. The lowest BCUT2D eigenvalue weighted by molar-refractivity contribution is -0.116. The van der Waals surface area contributed by atoms with E-state index in [4.69, 9.17) is 17.3 Å². The molecule has 1 aliphatic carbocycles. The van der Waals surface area contributed by atoms with Crippen molar-refractivity contribution < 1.29 is 9.18 Å². The van der Waals surface area contributed by atoms with Crippen molar-refractivity contribution >= 4 is 45.6 Å². The highest BCUT2D eigenvalue weighted by molar-refractivity contribution is 8.01. The number of rotatable bonds is 4. The Morgan fingerprint density at radius 3 is 2.93 bits per heavy atom. The molecule has 0 saturated heterocycles. The number of ketones is 1. The van der Waals surface area contributed by atoms with Crippen molar-refractivity contribution in [1.29, 1.82) is 5.26 Å². The highest BCUT2D eigenvalue weighted by Gasteiger charge is 2.42. The Hall–Kier alpha value is -2.41. The molecule has 154 valence electrons. The van der Waals surface area contributed by atoms with E-state index in [0.29, 0.717) is 35.7 Å². The summed E-state index contributed by atoms with van der Waals surface area (Å²) in [5.74, 6) is -0.702. The van der Waals surface area contributed by atoms with Crippen LogP contribution in [0.1, 0.15) is 37.7 Å². The highest BCUT2D eigenvalue weighted by Crippen LogP contribution is 2.48. The third kappa shape index (κ3) is 3.39. The maximum atomic E-state index is 14.8. The fourth-order valence-corrected chi connectivity index (χ4v) is 5.90. The molecule has 0 amide bonds. The van der Waals surface area contributed by atoms with Crippen molar-refractivity contribution in [1.82, 2.24) is 10.2 Å². The van der Waals surface area contributed by atoms with Crippen LogP contribution in [-0.4, -0.2) is 21.7 Å². The van der Waals surface area contributed by atoms with Crippen LogP contribution >= 0.6 is 34.7 Å². The van der Waals surface area contributed by atoms with Crippen molar-refractivity contribution in [3.8, 4) is 6.07 Å². The summed E-state index contributed by atoms with van der Waals surface area (Å²) >= 11 is 9.20. The van der Waals surface area contributed by atoms with E-state index in [9.17, 15) is 14.4 Å². The molecule has 1 aromatic carbocycles. The van der Waals surface area contributed by atoms with E-state index in [1.54, 1.807) is 22.7 Å². The first-order valence-electron chi connectivity index (χ1n) is 9.34. The van der Waals surface area contributed by atoms with Gasteiger partial charge in [-0.1, -0.05) is 47.7 Å². The zero-order valence-corrected chi connectivity index (χ0v) is 18.4. The van der Waals surface area contributed by atoms with Gasteiger partial charge in [-0.3, -0.25) is 9.69 Å². The minimum absolute atomic E-state index is 0.0795. The van der Waals surface area contributed by atoms with Gasteiger partial charge in [-0.15, -0.1) is 10.2 Å². The van der Waals surface area contributed by atoms with Crippen molar-refractivity contribution in [3.05, 3.63) is 57.3 Å². The number of nitrogens with zero attached hydrogens (tertiary/aromatic N) is 4. The molecule has 1 aliphatic heterocycles. The summed E-state index contributed by atoms with van der Waals surface area (Å²) in [4.78, 5) is 14.7. The number of benzene rings is 1. The molecule has 10 heteroatoms. The van der Waals surface area contributed by atoms with Gasteiger partial charge in [0.2, 0.25) is 5.13 Å². The summed E-state index contributed by atoms with van der Waals surface area (Å²) in [7, 11) is 0. The molecular formula is C20H17ClFN5OS2. The monoisotopic (exact) mass is 461 g/mol. The number of Topliss-reactive ketones (excluding diaryl/α,β-unsaturated/α-hetero) is 1. The molecule has 6 nitrogen and oxygen atoms in total. The molecule has 0 spiro atoms. The minimum atomic E-state index is -0.944. The first-order chi connectivity index (χ1) is 14.5. The predicted octanol–water partition coefficient (Wildman–Crippen LogP) is 4.75. The molecule has 1 unspecified atom stereocenters. The second-order valence-corrected chi connectivity index (χ2v) is 9.61. The Morgan fingerprint density at radius 1 is 1.43 bits per heavy atom. The number of hydrogen-bond acceptors (Lipinski definition) is 8. The number of anilines is 1. The van der Waals surface area contributed by atoms with E-state index in [1.165, 1.54) is 23.5 Å². The van der Waals surface area contributed by atoms with Crippen LogP contribution in [0.3, 0.4) is 0 Å². The Labute approximate surface area is 186 Å². The molecular weight excluding hydrogens is 445 g/mol. The van der Waals surface area contributed by atoms with Gasteiger partial charge in [-0.2, -0.15) is 5.26 Å². The van der Waals surface area contributed by atoms with Gasteiger partial charge in [0.05, 0.1) is 17.6 Å². The van der Waals surface area contributed by atoms with Gasteiger partial charge in [0.1, 0.15) is 11.6 Å². The normalized spacial score (nSPS) is 19.2. The highest BCUT2D eigenvalue weighted by atomic mass is 35.5. The lowest BCUT2D eigenvalue weighted by atomic mass is 9.75. The van der Waals surface area contributed by atoms with E-state index >= 15 is 0 Å². The van der Waals surface area contributed by atoms with Crippen LogP contribution in [0.4, 0.5) is 9.52 Å². The smallest absolute Gasteiger partial charge is 0.219 e. The molecule has 0 radical (unpaired) electrons. The molecule has 0 fully saturated rings. The summed E-state index contributed by atoms with van der Waals surface area (Å²) in [6.45, 7) is 2.01.